The minimum atomic E-state index is -0.101. The molecular weight excluding hydrogens is 334 g/mol. The van der Waals surface area contributed by atoms with E-state index >= 15 is 0 Å². The molecular formula is C18H17N5O3. The van der Waals surface area contributed by atoms with Crippen molar-refractivity contribution in [2.24, 2.45) is 0 Å². The van der Waals surface area contributed by atoms with E-state index in [0.717, 1.165) is 30.0 Å². The number of amides is 1. The highest BCUT2D eigenvalue weighted by Crippen LogP contribution is 2.39. The maximum absolute atomic E-state index is 12.9. The zero-order valence-electron chi connectivity index (χ0n) is 14.5. The van der Waals surface area contributed by atoms with E-state index in [0.29, 0.717) is 35.4 Å². The Labute approximate surface area is 149 Å². The van der Waals surface area contributed by atoms with Crippen LogP contribution in [0.3, 0.4) is 0 Å². The largest absolute Gasteiger partial charge is 0.496 e. The van der Waals surface area contributed by atoms with Crippen LogP contribution in [-0.4, -0.2) is 44.7 Å². The second-order valence-corrected chi connectivity index (χ2v) is 6.66. The molecule has 5 rings (SSSR count). The number of imidazole rings is 1. The summed E-state index contributed by atoms with van der Waals surface area (Å²) in [5.41, 5.74) is 2.69. The number of methoxy groups -OCH3 is 1. The number of fused-ring (bicyclic) bond motifs is 3. The van der Waals surface area contributed by atoms with Gasteiger partial charge in [-0.2, -0.15) is 4.98 Å². The lowest BCUT2D eigenvalue weighted by Gasteiger charge is -2.15. The number of hydrogen-bond acceptors (Lipinski definition) is 6. The predicted octanol–water partition coefficient (Wildman–Crippen LogP) is 2.39. The number of ether oxygens (including phenoxy) is 1. The molecule has 1 amide bonds. The lowest BCUT2D eigenvalue weighted by atomic mass is 10.1. The van der Waals surface area contributed by atoms with E-state index < -0.39 is 0 Å². The number of benzene rings is 1. The highest BCUT2D eigenvalue weighted by Gasteiger charge is 2.32. The van der Waals surface area contributed by atoms with Crippen LogP contribution in [0.15, 0.2) is 29.0 Å². The number of nitrogens with zero attached hydrogens (tertiary/aromatic N) is 5. The third kappa shape index (κ3) is 2.15. The second-order valence-electron chi connectivity index (χ2n) is 6.66. The van der Waals surface area contributed by atoms with Crippen LogP contribution >= 0.6 is 0 Å². The van der Waals surface area contributed by atoms with Crippen molar-refractivity contribution in [2.45, 2.75) is 25.3 Å². The average molecular weight is 351 g/mol. The highest BCUT2D eigenvalue weighted by molar-refractivity contribution is 6.01. The van der Waals surface area contributed by atoms with E-state index in [4.69, 9.17) is 9.26 Å². The van der Waals surface area contributed by atoms with E-state index in [1.165, 1.54) is 0 Å². The van der Waals surface area contributed by atoms with Gasteiger partial charge < -0.3 is 14.2 Å². The molecule has 2 aliphatic rings. The predicted molar refractivity (Wildman–Crippen MR) is 91.2 cm³/mol. The molecule has 0 N–H and O–H groups in total. The van der Waals surface area contributed by atoms with Gasteiger partial charge in [-0.15, -0.1) is 0 Å². The normalized spacial score (nSPS) is 16.2. The smallest absolute Gasteiger partial charge is 0.278 e. The molecule has 1 aliphatic heterocycles. The zero-order chi connectivity index (χ0) is 17.8. The van der Waals surface area contributed by atoms with E-state index in [1.807, 2.05) is 16.7 Å². The first-order valence-electron chi connectivity index (χ1n) is 8.50. The van der Waals surface area contributed by atoms with Gasteiger partial charge in [0.2, 0.25) is 0 Å². The number of rotatable bonds is 3. The molecule has 8 nitrogen and oxygen atoms in total. The minimum absolute atomic E-state index is 0.101. The molecule has 0 bridgehead atoms. The molecule has 132 valence electrons. The van der Waals surface area contributed by atoms with Crippen LogP contribution in [0.5, 0.6) is 5.75 Å². The van der Waals surface area contributed by atoms with Crippen molar-refractivity contribution in [1.29, 1.82) is 0 Å². The van der Waals surface area contributed by atoms with E-state index in [-0.39, 0.29) is 5.91 Å². The third-order valence-electron chi connectivity index (χ3n) is 4.88. The summed E-state index contributed by atoms with van der Waals surface area (Å²) in [4.78, 5) is 23.5. The first kappa shape index (κ1) is 15.1. The lowest BCUT2D eigenvalue weighted by molar-refractivity contribution is 0.0785. The minimum Gasteiger partial charge on any atom is -0.496 e. The number of aromatic nitrogens is 4. The summed E-state index contributed by atoms with van der Waals surface area (Å²) in [6.45, 7) is 0.382. The molecule has 1 fully saturated rings. The van der Waals surface area contributed by atoms with Crippen molar-refractivity contribution in [2.75, 3.05) is 14.2 Å². The summed E-state index contributed by atoms with van der Waals surface area (Å²) in [7, 11) is 3.32. The fraction of sp³-hybridized carbons (Fsp3) is 0.333. The van der Waals surface area contributed by atoms with Gasteiger partial charge in [-0.25, -0.2) is 4.98 Å². The molecule has 0 spiro atoms. The SMILES string of the molecule is COc1cccc2c1C(=O)N(C)Cc1c(-c3nc(C4CC4)no3)ncn1-2. The lowest BCUT2D eigenvalue weighted by Crippen LogP contribution is -2.25. The van der Waals surface area contributed by atoms with E-state index in [2.05, 4.69) is 15.1 Å². The Kier molecular flexibility index (Phi) is 3.15. The number of hydrogen-bond donors (Lipinski definition) is 0. The number of carbonyl (C=O) groups excluding carboxylic acids is 1. The molecule has 1 aromatic carbocycles. The van der Waals surface area contributed by atoms with Gasteiger partial charge in [0.15, 0.2) is 11.5 Å². The second kappa shape index (κ2) is 5.42. The molecule has 0 unspecified atom stereocenters. The molecule has 8 heteroatoms. The third-order valence-corrected chi connectivity index (χ3v) is 4.88. The van der Waals surface area contributed by atoms with Gasteiger partial charge in [-0.1, -0.05) is 11.2 Å². The standard InChI is InChI=1S/C18H17N5O3/c1-22-8-12-15(17-20-16(21-26-17)10-6-7-10)19-9-23(12)11-4-3-5-13(25-2)14(11)18(22)24/h3-5,9-10H,6-8H2,1-2H3. The summed E-state index contributed by atoms with van der Waals surface area (Å²) < 4.78 is 12.8. The van der Waals surface area contributed by atoms with Crippen LogP contribution in [-0.2, 0) is 6.54 Å². The van der Waals surface area contributed by atoms with Crippen molar-refractivity contribution in [3.63, 3.8) is 0 Å². The topological polar surface area (TPSA) is 86.3 Å². The molecule has 1 saturated carbocycles. The molecule has 2 aromatic heterocycles. The van der Waals surface area contributed by atoms with Gasteiger partial charge in [0.05, 0.1) is 25.0 Å². The fourth-order valence-corrected chi connectivity index (χ4v) is 3.34. The van der Waals surface area contributed by atoms with Crippen molar-refractivity contribution in [3.8, 4) is 23.0 Å². The van der Waals surface area contributed by atoms with Crippen LogP contribution in [0.1, 0.15) is 40.6 Å². The first-order chi connectivity index (χ1) is 12.7. The summed E-state index contributed by atoms with van der Waals surface area (Å²) in [6.07, 6.45) is 3.89. The van der Waals surface area contributed by atoms with Crippen LogP contribution in [0, 0.1) is 0 Å². The Morgan fingerprint density at radius 3 is 2.92 bits per heavy atom. The summed E-state index contributed by atoms with van der Waals surface area (Å²) in [5.74, 6) is 1.98. The summed E-state index contributed by atoms with van der Waals surface area (Å²) in [6, 6.07) is 5.53. The van der Waals surface area contributed by atoms with Crippen molar-refractivity contribution >= 4 is 5.91 Å². The summed E-state index contributed by atoms with van der Waals surface area (Å²) >= 11 is 0. The van der Waals surface area contributed by atoms with Gasteiger partial charge in [-0.05, 0) is 25.0 Å². The van der Waals surface area contributed by atoms with Crippen LogP contribution < -0.4 is 4.74 Å². The fourth-order valence-electron chi connectivity index (χ4n) is 3.34. The zero-order valence-corrected chi connectivity index (χ0v) is 14.5. The Balaban J connectivity index is 1.68. The molecule has 0 saturated heterocycles. The van der Waals surface area contributed by atoms with E-state index in [1.54, 1.807) is 31.5 Å². The first-order valence-corrected chi connectivity index (χ1v) is 8.50. The molecule has 0 radical (unpaired) electrons. The van der Waals surface area contributed by atoms with Gasteiger partial charge in [0, 0.05) is 13.0 Å². The van der Waals surface area contributed by atoms with Crippen LogP contribution in [0.25, 0.3) is 17.3 Å². The Bertz CT molecular complexity index is 1020. The molecule has 1 aliphatic carbocycles. The van der Waals surface area contributed by atoms with Crippen molar-refractivity contribution in [1.82, 2.24) is 24.6 Å². The highest BCUT2D eigenvalue weighted by atomic mass is 16.5. The molecule has 26 heavy (non-hydrogen) atoms. The van der Waals surface area contributed by atoms with Gasteiger partial charge >= 0.3 is 0 Å². The van der Waals surface area contributed by atoms with Crippen molar-refractivity contribution < 1.29 is 14.1 Å². The van der Waals surface area contributed by atoms with Crippen LogP contribution in [0.2, 0.25) is 0 Å². The van der Waals surface area contributed by atoms with Crippen LogP contribution in [0.4, 0.5) is 0 Å². The van der Waals surface area contributed by atoms with Crippen molar-refractivity contribution in [3.05, 3.63) is 41.6 Å². The molecule has 3 heterocycles. The quantitative estimate of drug-likeness (QED) is 0.720. The Morgan fingerprint density at radius 1 is 1.31 bits per heavy atom. The maximum atomic E-state index is 12.9. The Morgan fingerprint density at radius 2 is 2.15 bits per heavy atom. The van der Waals surface area contributed by atoms with E-state index in [9.17, 15) is 4.79 Å². The molecule has 0 atom stereocenters. The summed E-state index contributed by atoms with van der Waals surface area (Å²) in [5, 5.41) is 4.08. The Hall–Kier alpha value is -3.16. The maximum Gasteiger partial charge on any atom is 0.278 e. The van der Waals surface area contributed by atoms with Gasteiger partial charge in [0.25, 0.3) is 11.8 Å². The monoisotopic (exact) mass is 351 g/mol. The molecule has 3 aromatic rings. The number of carbonyl (C=O) groups is 1. The average Bonchev–Trinajstić information content (AvgIpc) is 3.27. The van der Waals surface area contributed by atoms with Gasteiger partial charge in [-0.3, -0.25) is 9.36 Å². The van der Waals surface area contributed by atoms with Gasteiger partial charge in [0.1, 0.15) is 17.6 Å².